The summed E-state index contributed by atoms with van der Waals surface area (Å²) in [4.78, 5) is 37.2. The van der Waals surface area contributed by atoms with Gasteiger partial charge in [0.2, 0.25) is 17.6 Å². The van der Waals surface area contributed by atoms with Crippen LogP contribution in [0.3, 0.4) is 0 Å². The maximum atomic E-state index is 12.6. The van der Waals surface area contributed by atoms with Crippen LogP contribution in [0.15, 0.2) is 40.8 Å². The monoisotopic (exact) mass is 376 g/mol. The van der Waals surface area contributed by atoms with Gasteiger partial charge in [0, 0.05) is 18.5 Å². The molecule has 2 N–H and O–H groups in total. The molecule has 7 nitrogen and oxygen atoms in total. The maximum Gasteiger partial charge on any atom is 0.371 e. The summed E-state index contributed by atoms with van der Waals surface area (Å²) in [5.74, 6) is -2.04. The van der Waals surface area contributed by atoms with Crippen LogP contribution in [-0.4, -0.2) is 34.8 Å². The van der Waals surface area contributed by atoms with Gasteiger partial charge in [-0.15, -0.1) is 0 Å². The highest BCUT2D eigenvalue weighted by Gasteiger charge is 2.42. The molecule has 26 heavy (non-hydrogen) atoms. The Balaban J connectivity index is 1.73. The van der Waals surface area contributed by atoms with Gasteiger partial charge in [-0.1, -0.05) is 23.7 Å². The van der Waals surface area contributed by atoms with Gasteiger partial charge < -0.3 is 19.7 Å². The van der Waals surface area contributed by atoms with E-state index in [1.54, 1.807) is 30.1 Å². The van der Waals surface area contributed by atoms with Crippen molar-refractivity contribution >= 4 is 29.4 Å². The molecule has 2 aromatic rings. The molecule has 2 amide bonds. The Morgan fingerprint density at radius 1 is 1.35 bits per heavy atom. The lowest BCUT2D eigenvalue weighted by molar-refractivity contribution is -0.128. The van der Waals surface area contributed by atoms with E-state index in [0.29, 0.717) is 10.8 Å². The van der Waals surface area contributed by atoms with Crippen LogP contribution in [0.5, 0.6) is 0 Å². The van der Waals surface area contributed by atoms with Crippen LogP contribution in [0.25, 0.3) is 0 Å². The third-order valence-electron chi connectivity index (χ3n) is 4.42. The van der Waals surface area contributed by atoms with E-state index in [2.05, 4.69) is 5.32 Å². The van der Waals surface area contributed by atoms with E-state index < -0.39 is 17.9 Å². The lowest BCUT2D eigenvalue weighted by Gasteiger charge is -2.25. The molecule has 2 heterocycles. The van der Waals surface area contributed by atoms with Crippen molar-refractivity contribution in [2.45, 2.75) is 19.0 Å². The Labute approximate surface area is 154 Å². The van der Waals surface area contributed by atoms with Gasteiger partial charge in [0.1, 0.15) is 5.76 Å². The maximum absolute atomic E-state index is 12.6. The van der Waals surface area contributed by atoms with Crippen molar-refractivity contribution in [1.29, 1.82) is 0 Å². The number of benzene rings is 1. The van der Waals surface area contributed by atoms with Crippen LogP contribution in [0.2, 0.25) is 5.02 Å². The Morgan fingerprint density at radius 3 is 2.77 bits per heavy atom. The summed E-state index contributed by atoms with van der Waals surface area (Å²) >= 11 is 6.04. The van der Waals surface area contributed by atoms with Crippen molar-refractivity contribution < 1.29 is 23.9 Å². The highest BCUT2D eigenvalue weighted by Crippen LogP contribution is 2.37. The fourth-order valence-electron chi connectivity index (χ4n) is 3.14. The zero-order valence-corrected chi connectivity index (χ0v) is 14.7. The molecular weight excluding hydrogens is 360 g/mol. The normalized spacial score (nSPS) is 19.6. The number of hydrogen-bond donors (Lipinski definition) is 2. The molecule has 1 aliphatic heterocycles. The van der Waals surface area contributed by atoms with Gasteiger partial charge >= 0.3 is 5.97 Å². The standard InChI is InChI=1S/C18H17ClN2O5/c1-21-15(22)8-13(16(21)10-3-2-4-11(19)7-10)17(23)20-9-12-5-6-14(26-12)18(24)25/h2-7,13,16H,8-9H2,1H3,(H,20,23)(H,24,25)/t13-,16+/m1/s1. The summed E-state index contributed by atoms with van der Waals surface area (Å²) in [5, 5.41) is 12.1. The number of nitrogens with one attached hydrogen (secondary N) is 1. The minimum Gasteiger partial charge on any atom is -0.475 e. The van der Waals surface area contributed by atoms with Gasteiger partial charge in [-0.2, -0.15) is 0 Å². The van der Waals surface area contributed by atoms with Gasteiger partial charge in [-0.25, -0.2) is 4.79 Å². The molecule has 0 spiro atoms. The highest BCUT2D eigenvalue weighted by atomic mass is 35.5. The minimum absolute atomic E-state index is 0.0444. The van der Waals surface area contributed by atoms with Crippen molar-refractivity contribution in [2.24, 2.45) is 5.92 Å². The molecule has 0 bridgehead atoms. The molecule has 1 aliphatic rings. The summed E-state index contributed by atoms with van der Waals surface area (Å²) in [7, 11) is 1.66. The van der Waals surface area contributed by atoms with Crippen molar-refractivity contribution in [3.05, 3.63) is 58.5 Å². The summed E-state index contributed by atoms with van der Waals surface area (Å²) in [6.07, 6.45) is 0.0953. The fraction of sp³-hybridized carbons (Fsp3) is 0.278. The van der Waals surface area contributed by atoms with Crippen molar-refractivity contribution in [1.82, 2.24) is 10.2 Å². The zero-order chi connectivity index (χ0) is 18.8. The number of carbonyl (C=O) groups is 3. The molecule has 1 aromatic heterocycles. The minimum atomic E-state index is -1.17. The molecule has 8 heteroatoms. The molecule has 0 radical (unpaired) electrons. The van der Waals surface area contributed by atoms with E-state index in [1.165, 1.54) is 12.1 Å². The largest absolute Gasteiger partial charge is 0.475 e. The highest BCUT2D eigenvalue weighted by molar-refractivity contribution is 6.30. The molecule has 0 aliphatic carbocycles. The predicted octanol–water partition coefficient (Wildman–Crippen LogP) is 2.47. The molecule has 0 saturated carbocycles. The van der Waals surface area contributed by atoms with Gasteiger partial charge in [0.15, 0.2) is 0 Å². The Hall–Kier alpha value is -2.80. The second-order valence-corrected chi connectivity index (χ2v) is 6.54. The molecule has 3 rings (SSSR count). The van der Waals surface area contributed by atoms with Gasteiger partial charge in [-0.05, 0) is 29.8 Å². The molecule has 2 atom stereocenters. The number of halogens is 1. The molecular formula is C18H17ClN2O5. The first kappa shape index (κ1) is 18.0. The summed E-state index contributed by atoms with van der Waals surface area (Å²) < 4.78 is 5.12. The second-order valence-electron chi connectivity index (χ2n) is 6.10. The number of carboxylic acid groups (broad SMARTS) is 1. The molecule has 0 unspecified atom stereocenters. The zero-order valence-electron chi connectivity index (χ0n) is 13.9. The van der Waals surface area contributed by atoms with Crippen molar-refractivity contribution in [3.8, 4) is 0 Å². The first-order chi connectivity index (χ1) is 12.4. The quantitative estimate of drug-likeness (QED) is 0.835. The van der Waals surface area contributed by atoms with Crippen LogP contribution in [0.1, 0.15) is 34.3 Å². The Bertz CT molecular complexity index is 863. The number of carboxylic acids is 1. The first-order valence-electron chi connectivity index (χ1n) is 7.97. The molecule has 1 fully saturated rings. The first-order valence-corrected chi connectivity index (χ1v) is 8.35. The van der Waals surface area contributed by atoms with E-state index >= 15 is 0 Å². The van der Waals surface area contributed by atoms with Crippen molar-refractivity contribution in [3.63, 3.8) is 0 Å². The van der Waals surface area contributed by atoms with Crippen LogP contribution in [0, 0.1) is 5.92 Å². The number of amides is 2. The van der Waals surface area contributed by atoms with E-state index in [4.69, 9.17) is 21.1 Å². The third-order valence-corrected chi connectivity index (χ3v) is 4.66. The lowest BCUT2D eigenvalue weighted by Crippen LogP contribution is -2.34. The summed E-state index contributed by atoms with van der Waals surface area (Å²) in [5.41, 5.74) is 0.789. The Kier molecular flexibility index (Phi) is 4.99. The van der Waals surface area contributed by atoms with E-state index in [9.17, 15) is 14.4 Å². The van der Waals surface area contributed by atoms with Crippen molar-refractivity contribution in [2.75, 3.05) is 7.05 Å². The summed E-state index contributed by atoms with van der Waals surface area (Å²) in [6.45, 7) is 0.0444. The molecule has 136 valence electrons. The topological polar surface area (TPSA) is 99.9 Å². The molecule has 1 saturated heterocycles. The summed E-state index contributed by atoms with van der Waals surface area (Å²) in [6, 6.07) is 9.49. The number of likely N-dealkylation sites (tertiary alicyclic amines) is 1. The lowest BCUT2D eigenvalue weighted by atomic mass is 9.93. The predicted molar refractivity (Wildman–Crippen MR) is 92.6 cm³/mol. The number of nitrogens with zero attached hydrogens (tertiary/aromatic N) is 1. The van der Waals surface area contributed by atoms with E-state index in [0.717, 1.165) is 5.56 Å². The average Bonchev–Trinajstić information content (AvgIpc) is 3.18. The molecule has 1 aromatic carbocycles. The van der Waals surface area contributed by atoms with Gasteiger partial charge in [-0.3, -0.25) is 9.59 Å². The van der Waals surface area contributed by atoms with Gasteiger partial charge in [0.25, 0.3) is 0 Å². The second kappa shape index (κ2) is 7.21. The Morgan fingerprint density at radius 2 is 2.12 bits per heavy atom. The number of furan rings is 1. The van der Waals surface area contributed by atoms with Crippen LogP contribution >= 0.6 is 11.6 Å². The number of carbonyl (C=O) groups excluding carboxylic acids is 2. The fourth-order valence-corrected chi connectivity index (χ4v) is 3.34. The van der Waals surface area contributed by atoms with Crippen LogP contribution in [0.4, 0.5) is 0 Å². The number of aromatic carboxylic acids is 1. The van der Waals surface area contributed by atoms with Gasteiger partial charge in [0.05, 0.1) is 18.5 Å². The van der Waals surface area contributed by atoms with E-state index in [1.807, 2.05) is 6.07 Å². The van der Waals surface area contributed by atoms with Crippen LogP contribution in [-0.2, 0) is 16.1 Å². The van der Waals surface area contributed by atoms with E-state index in [-0.39, 0.29) is 30.5 Å². The third kappa shape index (κ3) is 3.57. The number of rotatable bonds is 5. The average molecular weight is 377 g/mol. The smallest absolute Gasteiger partial charge is 0.371 e. The number of hydrogen-bond acceptors (Lipinski definition) is 4. The van der Waals surface area contributed by atoms with Crippen LogP contribution < -0.4 is 5.32 Å². The SMILES string of the molecule is CN1C(=O)C[C@@H](C(=O)NCc2ccc(C(=O)O)o2)[C@@H]1c1cccc(Cl)c1.